The van der Waals surface area contributed by atoms with Gasteiger partial charge < -0.3 is 23.7 Å². The molecule has 2 aromatic rings. The van der Waals surface area contributed by atoms with Crippen LogP contribution < -0.4 is 8.43 Å². The molecule has 4 aliphatic rings. The monoisotopic (exact) mass is 702 g/mol. The van der Waals surface area contributed by atoms with Gasteiger partial charge in [-0.15, -0.1) is 8.67 Å². The van der Waals surface area contributed by atoms with Crippen molar-refractivity contribution < 1.29 is 45.8 Å². The van der Waals surface area contributed by atoms with E-state index in [0.717, 1.165) is 104 Å². The average molecular weight is 703 g/mol. The van der Waals surface area contributed by atoms with Crippen molar-refractivity contribution in [1.29, 1.82) is 0 Å². The molecule has 0 aromatic carbocycles. The third kappa shape index (κ3) is 9.43. The van der Waals surface area contributed by atoms with E-state index in [2.05, 4.69) is 39.2 Å². The molecule has 2 spiro atoms. The van der Waals surface area contributed by atoms with E-state index < -0.39 is 15.8 Å². The maximum absolute atomic E-state index is 11.9. The molecule has 256 valence electrons. The van der Waals surface area contributed by atoms with Gasteiger partial charge in [-0.1, -0.05) is 0 Å². The Labute approximate surface area is 279 Å². The molecule has 4 fully saturated rings. The quantitative estimate of drug-likeness (QED) is 0.104. The first-order valence-electron chi connectivity index (χ1n) is 15.2. The Morgan fingerprint density at radius 2 is 1.28 bits per heavy atom. The molecule has 0 unspecified atom stereocenters. The van der Waals surface area contributed by atoms with Crippen LogP contribution in [0, 0.1) is 0 Å². The summed E-state index contributed by atoms with van der Waals surface area (Å²) in [5.74, 6) is 0.117. The number of sulfonamides is 1. The summed E-state index contributed by atoms with van der Waals surface area (Å²) in [6, 6.07) is 7.65. The molecule has 2 aliphatic heterocycles. The van der Waals surface area contributed by atoms with E-state index in [4.69, 9.17) is 18.9 Å². The summed E-state index contributed by atoms with van der Waals surface area (Å²) >= 11 is 1.60. The van der Waals surface area contributed by atoms with Crippen LogP contribution in [0.3, 0.4) is 0 Å². The predicted octanol–water partition coefficient (Wildman–Crippen LogP) is 5.42. The van der Waals surface area contributed by atoms with Crippen molar-refractivity contribution >= 4 is 45.9 Å². The van der Waals surface area contributed by atoms with Gasteiger partial charge in [-0.2, -0.15) is 3.71 Å². The second-order valence-corrected chi connectivity index (χ2v) is 14.6. The molecule has 46 heavy (non-hydrogen) atoms. The van der Waals surface area contributed by atoms with Crippen LogP contribution in [-0.2, 0) is 47.4 Å². The van der Waals surface area contributed by atoms with Crippen molar-refractivity contribution in [2.75, 3.05) is 55.3 Å². The number of nitrogens with one attached hydrogen (secondary N) is 1. The average Bonchev–Trinajstić information content (AvgIpc) is 3.72. The van der Waals surface area contributed by atoms with Crippen molar-refractivity contribution in [2.24, 2.45) is 0 Å². The molecule has 0 atom stereocenters. The van der Waals surface area contributed by atoms with Crippen LogP contribution >= 0.6 is 24.5 Å². The van der Waals surface area contributed by atoms with Gasteiger partial charge >= 0.3 is 0 Å². The zero-order chi connectivity index (χ0) is 32.5. The summed E-state index contributed by atoms with van der Waals surface area (Å²) in [6.07, 6.45) is 12.0. The summed E-state index contributed by atoms with van der Waals surface area (Å²) in [4.78, 5) is 18.0. The highest BCUT2D eigenvalue weighted by Gasteiger charge is 2.42. The van der Waals surface area contributed by atoms with E-state index >= 15 is 0 Å². The summed E-state index contributed by atoms with van der Waals surface area (Å²) < 4.78 is 60.1. The van der Waals surface area contributed by atoms with Gasteiger partial charge in [0.05, 0.1) is 70.7 Å². The minimum absolute atomic E-state index is 0.299. The number of rotatable bonds is 11. The lowest BCUT2D eigenvalue weighted by atomic mass is 9.83. The van der Waals surface area contributed by atoms with E-state index in [1.54, 1.807) is 6.07 Å². The molecule has 2 saturated carbocycles. The normalized spacial score (nSPS) is 22.5. The molecule has 4 heterocycles. The fraction of sp³-hybridized carbons (Fsp3) is 0.655. The maximum Gasteiger partial charge on any atom is 0.243 e. The van der Waals surface area contributed by atoms with Crippen molar-refractivity contribution in [3.63, 3.8) is 0 Å². The molecule has 17 heteroatoms. The first-order valence-corrected chi connectivity index (χ1v) is 18.5. The Morgan fingerprint density at radius 3 is 1.70 bits per heavy atom. The number of hydrogen-bond acceptors (Lipinski definition) is 15. The van der Waals surface area contributed by atoms with Gasteiger partial charge in [0, 0.05) is 48.9 Å². The van der Waals surface area contributed by atoms with Gasteiger partial charge in [-0.05, 0) is 49.9 Å². The van der Waals surface area contributed by atoms with Crippen molar-refractivity contribution in [1.82, 2.24) is 9.97 Å². The maximum atomic E-state index is 11.9. The van der Waals surface area contributed by atoms with E-state index in [1.165, 1.54) is 20.4 Å². The second-order valence-electron chi connectivity index (χ2n) is 11.4. The second kappa shape index (κ2) is 16.6. The zero-order valence-electron chi connectivity index (χ0n) is 26.3. The van der Waals surface area contributed by atoms with Crippen LogP contribution in [-0.4, -0.2) is 76.9 Å². The van der Waals surface area contributed by atoms with Crippen molar-refractivity contribution in [3.05, 3.63) is 48.0 Å². The van der Waals surface area contributed by atoms with E-state index in [0.29, 0.717) is 43.0 Å². The Hall–Kier alpha value is -1.77. The van der Waals surface area contributed by atoms with E-state index in [1.807, 2.05) is 18.3 Å². The Kier molecular flexibility index (Phi) is 12.8. The summed E-state index contributed by atoms with van der Waals surface area (Å²) in [7, 11) is -0.755. The molecule has 1 N–H and O–H groups in total. The Bertz CT molecular complexity index is 1310. The van der Waals surface area contributed by atoms with Crippen LogP contribution in [0.5, 0.6) is 0 Å². The van der Waals surface area contributed by atoms with Gasteiger partial charge in [-0.3, -0.25) is 9.97 Å². The van der Waals surface area contributed by atoms with Crippen molar-refractivity contribution in [2.45, 2.75) is 74.8 Å². The highest BCUT2D eigenvalue weighted by Crippen LogP contribution is 2.43. The summed E-state index contributed by atoms with van der Waals surface area (Å²) in [6.45, 7) is 2.79. The lowest BCUT2D eigenvalue weighted by Crippen LogP contribution is -2.34. The molecule has 2 aliphatic carbocycles. The molecular formula is C29H42N4O10S3. The number of hydrogen-bond donors (Lipinski definition) is 1. The molecule has 2 aromatic heterocycles. The SMILES string of the molecule is COOSN(c1ccc(C2CCC3(CC2)OCCO3)nc1)S(C)(=O)=O.COOSNc1ccc(C2CCC3(CC2)OCCO3)nc1. The van der Waals surface area contributed by atoms with E-state index in [-0.39, 0.29) is 5.79 Å². The minimum atomic E-state index is -3.52. The first kappa shape index (κ1) is 35.5. The van der Waals surface area contributed by atoms with Crippen LogP contribution in [0.15, 0.2) is 36.7 Å². The van der Waals surface area contributed by atoms with E-state index in [9.17, 15) is 8.42 Å². The van der Waals surface area contributed by atoms with Gasteiger partial charge in [0.15, 0.2) is 23.8 Å². The fourth-order valence-electron chi connectivity index (χ4n) is 6.18. The van der Waals surface area contributed by atoms with Gasteiger partial charge in [0.1, 0.15) is 12.2 Å². The molecule has 0 amide bonds. The molecule has 6 rings (SSSR count). The lowest BCUT2D eigenvalue weighted by molar-refractivity contribution is -0.179. The fourth-order valence-corrected chi connectivity index (χ4v) is 7.82. The van der Waals surface area contributed by atoms with Gasteiger partial charge in [0.2, 0.25) is 10.0 Å². The molecule has 0 bridgehead atoms. The smallest absolute Gasteiger partial charge is 0.243 e. The summed E-state index contributed by atoms with van der Waals surface area (Å²) in [5, 5.41) is 0. The largest absolute Gasteiger partial charge is 0.348 e. The third-order valence-electron chi connectivity index (χ3n) is 8.46. The number of anilines is 2. The minimum Gasteiger partial charge on any atom is -0.348 e. The molecule has 0 radical (unpaired) electrons. The third-order valence-corrected chi connectivity index (χ3v) is 11.3. The van der Waals surface area contributed by atoms with Gasteiger partial charge in [-0.25, -0.2) is 18.2 Å². The molecular weight excluding hydrogens is 661 g/mol. The van der Waals surface area contributed by atoms with Crippen LogP contribution in [0.2, 0.25) is 0 Å². The molecule has 2 saturated heterocycles. The standard InChI is InChI=1S/C15H22N2O6S2.C14H20N2O4S/c1-20-23-24-17(25(2,18)19)13-3-4-14(16-11-13)12-5-7-15(8-6-12)21-9-10-22-15;1-17-20-21-16-12-2-3-13(15-10-12)11-4-6-14(7-5-11)18-8-9-19-14/h3-4,11-12H,5-10H2,1-2H3;2-3,10-11,16H,4-9H2,1H3. The topological polar surface area (TPSA) is 149 Å². The highest BCUT2D eigenvalue weighted by atomic mass is 32.3. The lowest BCUT2D eigenvalue weighted by Gasteiger charge is -2.35. The first-order chi connectivity index (χ1) is 22.2. The Morgan fingerprint density at radius 1 is 0.783 bits per heavy atom. The highest BCUT2D eigenvalue weighted by molar-refractivity contribution is 8.11. The number of ether oxygens (including phenoxy) is 4. The van der Waals surface area contributed by atoms with Gasteiger partial charge in [0.25, 0.3) is 0 Å². The molecule has 14 nitrogen and oxygen atoms in total. The van der Waals surface area contributed by atoms with Crippen LogP contribution in [0.4, 0.5) is 11.4 Å². The summed E-state index contributed by atoms with van der Waals surface area (Å²) in [5.41, 5.74) is 3.37. The predicted molar refractivity (Wildman–Crippen MR) is 172 cm³/mol. The zero-order valence-corrected chi connectivity index (χ0v) is 28.7. The number of nitrogens with zero attached hydrogens (tertiary/aromatic N) is 3. The number of aromatic nitrogens is 2. The van der Waals surface area contributed by atoms with Crippen molar-refractivity contribution in [3.8, 4) is 0 Å². The Balaban J connectivity index is 0.000000184. The van der Waals surface area contributed by atoms with Crippen LogP contribution in [0.25, 0.3) is 0 Å². The number of pyridine rings is 2. The van der Waals surface area contributed by atoms with Crippen LogP contribution in [0.1, 0.15) is 74.6 Å².